The molecule has 0 aliphatic heterocycles. The SMILES string of the molecule is N#Cc1cc(C#N)cc(-c2cc(-c3ccccc3)c(-n3c4ccccc4c4ccc5c(c6ccccc6n5-c5ccccc5)c43)c(-c3ccccc3)c2)c1. The molecule has 2 heterocycles. The summed E-state index contributed by atoms with van der Waals surface area (Å²) in [6.45, 7) is 0. The highest BCUT2D eigenvalue weighted by atomic mass is 15.0. The molecule has 0 atom stereocenters. The molecule has 0 radical (unpaired) electrons. The van der Waals surface area contributed by atoms with E-state index >= 15 is 0 Å². The first kappa shape index (κ1) is 31.1. The molecule has 0 N–H and O–H groups in total. The van der Waals surface area contributed by atoms with Crippen molar-refractivity contribution in [2.45, 2.75) is 0 Å². The van der Waals surface area contributed by atoms with E-state index in [1.54, 1.807) is 6.07 Å². The van der Waals surface area contributed by atoms with Gasteiger partial charge < -0.3 is 9.13 Å². The number of hydrogen-bond donors (Lipinski definition) is 0. The molecule has 0 amide bonds. The molecular weight excluding hydrogens is 657 g/mol. The lowest BCUT2D eigenvalue weighted by molar-refractivity contribution is 1.17. The first-order chi connectivity index (χ1) is 26.7. The molecule has 0 saturated carbocycles. The van der Waals surface area contributed by atoms with Crippen molar-refractivity contribution < 1.29 is 0 Å². The highest BCUT2D eigenvalue weighted by molar-refractivity contribution is 6.26. The van der Waals surface area contributed by atoms with E-state index in [-0.39, 0.29) is 0 Å². The van der Waals surface area contributed by atoms with Crippen LogP contribution in [0.1, 0.15) is 11.1 Å². The van der Waals surface area contributed by atoms with Crippen LogP contribution in [0.15, 0.2) is 182 Å². The zero-order valence-electron chi connectivity index (χ0n) is 29.1. The second-order valence-electron chi connectivity index (χ2n) is 13.6. The van der Waals surface area contributed by atoms with Gasteiger partial charge in [0.15, 0.2) is 0 Å². The maximum atomic E-state index is 9.94. The van der Waals surface area contributed by atoms with Gasteiger partial charge in [0, 0.05) is 38.4 Å². The van der Waals surface area contributed by atoms with E-state index in [2.05, 4.69) is 173 Å². The van der Waals surface area contributed by atoms with Gasteiger partial charge in [0.2, 0.25) is 0 Å². The minimum atomic E-state index is 0.454. The van der Waals surface area contributed by atoms with E-state index in [4.69, 9.17) is 0 Å². The minimum Gasteiger partial charge on any atom is -0.309 e. The summed E-state index contributed by atoms with van der Waals surface area (Å²) in [5, 5.41) is 24.6. The Morgan fingerprint density at radius 3 is 1.46 bits per heavy atom. The van der Waals surface area contributed by atoms with Gasteiger partial charge in [0.1, 0.15) is 0 Å². The summed E-state index contributed by atoms with van der Waals surface area (Å²) in [4.78, 5) is 0. The third kappa shape index (κ3) is 4.83. The lowest BCUT2D eigenvalue weighted by Crippen LogP contribution is -2.02. The van der Waals surface area contributed by atoms with Crippen LogP contribution < -0.4 is 0 Å². The molecule has 4 nitrogen and oxygen atoms in total. The molecular formula is C50H30N4. The Bertz CT molecular complexity index is 3060. The molecule has 10 aromatic rings. The first-order valence-corrected chi connectivity index (χ1v) is 18.0. The van der Waals surface area contributed by atoms with Gasteiger partial charge in [-0.2, -0.15) is 10.5 Å². The van der Waals surface area contributed by atoms with Crippen molar-refractivity contribution in [1.29, 1.82) is 10.5 Å². The average Bonchev–Trinajstić information content (AvgIpc) is 3.76. The maximum absolute atomic E-state index is 9.94. The molecule has 0 spiro atoms. The molecule has 0 aliphatic rings. The number of aromatic nitrogens is 2. The third-order valence-electron chi connectivity index (χ3n) is 10.5. The second kappa shape index (κ2) is 12.5. The van der Waals surface area contributed by atoms with Crippen LogP contribution in [0.5, 0.6) is 0 Å². The van der Waals surface area contributed by atoms with Gasteiger partial charge in [0.25, 0.3) is 0 Å². The standard InChI is InChI=1S/C50H30N4/c51-31-33-26-34(32-52)28-37(27-33)38-29-43(35-14-4-1-5-15-35)49(44(30-38)36-16-6-2-7-17-36)54-45-22-12-10-20-40(45)41-24-25-47-48(50(41)54)42-21-11-13-23-46(42)53(47)39-18-8-3-9-19-39/h1-30H. The van der Waals surface area contributed by atoms with Crippen LogP contribution in [0.2, 0.25) is 0 Å². The monoisotopic (exact) mass is 686 g/mol. The van der Waals surface area contributed by atoms with Crippen LogP contribution in [-0.4, -0.2) is 9.13 Å². The van der Waals surface area contributed by atoms with E-state index in [0.29, 0.717) is 11.1 Å². The highest BCUT2D eigenvalue weighted by Gasteiger charge is 2.25. The van der Waals surface area contributed by atoms with Crippen molar-refractivity contribution in [3.05, 3.63) is 193 Å². The quantitative estimate of drug-likeness (QED) is 0.181. The molecule has 54 heavy (non-hydrogen) atoms. The summed E-state index contributed by atoms with van der Waals surface area (Å²) in [5.74, 6) is 0. The van der Waals surface area contributed by atoms with Crippen molar-refractivity contribution >= 4 is 43.6 Å². The highest BCUT2D eigenvalue weighted by Crippen LogP contribution is 2.47. The van der Waals surface area contributed by atoms with Gasteiger partial charge in [-0.25, -0.2) is 0 Å². The summed E-state index contributed by atoms with van der Waals surface area (Å²) >= 11 is 0. The molecule has 8 aromatic carbocycles. The van der Waals surface area contributed by atoms with E-state index in [1.165, 1.54) is 21.5 Å². The first-order valence-electron chi connectivity index (χ1n) is 18.0. The van der Waals surface area contributed by atoms with E-state index in [1.807, 2.05) is 24.3 Å². The smallest absolute Gasteiger partial charge is 0.0992 e. The molecule has 0 bridgehead atoms. The summed E-state index contributed by atoms with van der Waals surface area (Å²) in [7, 11) is 0. The van der Waals surface area contributed by atoms with Crippen LogP contribution in [0.25, 0.3) is 88.4 Å². The van der Waals surface area contributed by atoms with Crippen molar-refractivity contribution in [1.82, 2.24) is 9.13 Å². The Morgan fingerprint density at radius 2 is 0.870 bits per heavy atom. The zero-order valence-corrected chi connectivity index (χ0v) is 29.1. The van der Waals surface area contributed by atoms with Crippen LogP contribution >= 0.6 is 0 Å². The number of fused-ring (bicyclic) bond motifs is 7. The van der Waals surface area contributed by atoms with Crippen LogP contribution in [0.3, 0.4) is 0 Å². The fraction of sp³-hybridized carbons (Fsp3) is 0. The summed E-state index contributed by atoms with van der Waals surface area (Å²) in [5.41, 5.74) is 13.6. The molecule has 4 heteroatoms. The van der Waals surface area contributed by atoms with Crippen LogP contribution in [0, 0.1) is 22.7 Å². The number of para-hydroxylation sites is 3. The fourth-order valence-corrected chi connectivity index (χ4v) is 8.24. The summed E-state index contributed by atoms with van der Waals surface area (Å²) < 4.78 is 4.86. The predicted molar refractivity (Wildman–Crippen MR) is 221 cm³/mol. The minimum absolute atomic E-state index is 0.454. The molecule has 0 saturated heterocycles. The molecule has 250 valence electrons. The Balaban J connectivity index is 1.43. The molecule has 0 aliphatic carbocycles. The van der Waals surface area contributed by atoms with Crippen molar-refractivity contribution in [3.8, 4) is 56.9 Å². The van der Waals surface area contributed by atoms with Crippen LogP contribution in [0.4, 0.5) is 0 Å². The largest absolute Gasteiger partial charge is 0.309 e. The molecule has 0 unspecified atom stereocenters. The average molecular weight is 687 g/mol. The Morgan fingerprint density at radius 1 is 0.370 bits per heavy atom. The Kier molecular flexibility index (Phi) is 7.22. The van der Waals surface area contributed by atoms with Crippen LogP contribution in [-0.2, 0) is 0 Å². The van der Waals surface area contributed by atoms with E-state index in [9.17, 15) is 10.5 Å². The lowest BCUT2D eigenvalue weighted by Gasteiger charge is -2.21. The Hall–Kier alpha value is -7.66. The van der Waals surface area contributed by atoms with Gasteiger partial charge >= 0.3 is 0 Å². The van der Waals surface area contributed by atoms with Gasteiger partial charge in [-0.3, -0.25) is 0 Å². The number of benzene rings is 8. The van der Waals surface area contributed by atoms with Crippen molar-refractivity contribution in [3.63, 3.8) is 0 Å². The van der Waals surface area contributed by atoms with E-state index in [0.717, 1.165) is 66.8 Å². The van der Waals surface area contributed by atoms with Gasteiger partial charge in [-0.05, 0) is 82.9 Å². The van der Waals surface area contributed by atoms with Gasteiger partial charge in [0.05, 0.1) is 51.0 Å². The zero-order chi connectivity index (χ0) is 36.2. The normalized spacial score (nSPS) is 11.3. The number of nitrogens with zero attached hydrogens (tertiary/aromatic N) is 4. The summed E-state index contributed by atoms with van der Waals surface area (Å²) in [6, 6.07) is 68.0. The second-order valence-corrected chi connectivity index (χ2v) is 13.6. The van der Waals surface area contributed by atoms with Gasteiger partial charge in [-0.15, -0.1) is 0 Å². The van der Waals surface area contributed by atoms with Gasteiger partial charge in [-0.1, -0.05) is 121 Å². The Labute approximate surface area is 312 Å². The summed E-state index contributed by atoms with van der Waals surface area (Å²) in [6.07, 6.45) is 0. The fourth-order valence-electron chi connectivity index (χ4n) is 8.24. The number of nitriles is 2. The molecule has 0 fully saturated rings. The lowest BCUT2D eigenvalue weighted by atomic mass is 9.89. The number of hydrogen-bond acceptors (Lipinski definition) is 2. The molecule has 2 aromatic heterocycles. The van der Waals surface area contributed by atoms with Crippen molar-refractivity contribution in [2.24, 2.45) is 0 Å². The van der Waals surface area contributed by atoms with E-state index < -0.39 is 0 Å². The van der Waals surface area contributed by atoms with Crippen molar-refractivity contribution in [2.75, 3.05) is 0 Å². The third-order valence-corrected chi connectivity index (χ3v) is 10.5. The predicted octanol–water partition coefficient (Wildman–Crippen LogP) is 12.6. The molecule has 10 rings (SSSR count). The number of rotatable bonds is 5. The maximum Gasteiger partial charge on any atom is 0.0992 e. The topological polar surface area (TPSA) is 57.4 Å².